The molecule has 2 unspecified atom stereocenters. The molecular formula is C20H25FN4O3. The summed E-state index contributed by atoms with van der Waals surface area (Å²) in [6, 6.07) is 6.24. The molecule has 0 aliphatic carbocycles. The standard InChI is InChI=1S/C20H25FN4O3/c1-19-11-25(12-20(19,2)17(27)23-16(19)26)18(28)22-14-7-9-24(10-8-14)15-5-3-13(21)4-6-15/h3-6,14H,7-12H2,1-2H3,(H,22,28)(H,23,26,27). The van der Waals surface area contributed by atoms with E-state index in [9.17, 15) is 18.8 Å². The molecule has 0 bridgehead atoms. The highest BCUT2D eigenvalue weighted by molar-refractivity contribution is 6.10. The van der Waals surface area contributed by atoms with Crippen LogP contribution in [0.3, 0.4) is 0 Å². The van der Waals surface area contributed by atoms with E-state index in [1.165, 1.54) is 12.1 Å². The molecule has 3 heterocycles. The fourth-order valence-electron chi connectivity index (χ4n) is 4.54. The Morgan fingerprint density at radius 2 is 1.61 bits per heavy atom. The molecule has 3 aliphatic rings. The number of nitrogens with zero attached hydrogens (tertiary/aromatic N) is 2. The number of fused-ring (bicyclic) bond motifs is 1. The Bertz CT molecular complexity index is 793. The summed E-state index contributed by atoms with van der Waals surface area (Å²) < 4.78 is 13.1. The van der Waals surface area contributed by atoms with Gasteiger partial charge >= 0.3 is 6.03 Å². The maximum Gasteiger partial charge on any atom is 0.317 e. The number of carbonyl (C=O) groups excluding carboxylic acids is 3. The summed E-state index contributed by atoms with van der Waals surface area (Å²) in [5, 5.41) is 5.45. The van der Waals surface area contributed by atoms with E-state index in [1.54, 1.807) is 30.9 Å². The smallest absolute Gasteiger partial charge is 0.317 e. The van der Waals surface area contributed by atoms with Crippen LogP contribution in [0, 0.1) is 16.6 Å². The van der Waals surface area contributed by atoms with Crippen LogP contribution in [-0.2, 0) is 9.59 Å². The van der Waals surface area contributed by atoms with Crippen LogP contribution >= 0.6 is 0 Å². The van der Waals surface area contributed by atoms with Crippen LogP contribution in [0.4, 0.5) is 14.9 Å². The largest absolute Gasteiger partial charge is 0.371 e. The van der Waals surface area contributed by atoms with Crippen molar-refractivity contribution in [2.45, 2.75) is 32.7 Å². The average molecular weight is 388 g/mol. The van der Waals surface area contributed by atoms with Gasteiger partial charge in [0.15, 0.2) is 0 Å². The molecule has 2 N–H and O–H groups in total. The summed E-state index contributed by atoms with van der Waals surface area (Å²) in [7, 11) is 0. The fraction of sp³-hybridized carbons (Fsp3) is 0.550. The Morgan fingerprint density at radius 3 is 2.14 bits per heavy atom. The number of anilines is 1. The van der Waals surface area contributed by atoms with E-state index in [1.807, 2.05) is 0 Å². The second-order valence-corrected chi connectivity index (χ2v) is 8.49. The molecule has 0 saturated carbocycles. The molecule has 8 heteroatoms. The van der Waals surface area contributed by atoms with Crippen molar-refractivity contribution in [1.82, 2.24) is 15.5 Å². The fourth-order valence-corrected chi connectivity index (χ4v) is 4.54. The highest BCUT2D eigenvalue weighted by Crippen LogP contribution is 2.49. The van der Waals surface area contributed by atoms with Crippen molar-refractivity contribution in [2.24, 2.45) is 10.8 Å². The van der Waals surface area contributed by atoms with E-state index in [4.69, 9.17) is 0 Å². The van der Waals surface area contributed by atoms with Gasteiger partial charge in [0, 0.05) is 37.9 Å². The first-order valence-electron chi connectivity index (χ1n) is 9.65. The quantitative estimate of drug-likeness (QED) is 0.752. The molecular weight excluding hydrogens is 363 g/mol. The molecule has 2 atom stereocenters. The van der Waals surface area contributed by atoms with Gasteiger partial charge in [-0.15, -0.1) is 0 Å². The minimum atomic E-state index is -0.882. The third kappa shape index (κ3) is 2.82. The zero-order chi connectivity index (χ0) is 20.1. The van der Waals surface area contributed by atoms with Gasteiger partial charge in [0.1, 0.15) is 5.82 Å². The van der Waals surface area contributed by atoms with Crippen LogP contribution in [-0.4, -0.2) is 55.0 Å². The van der Waals surface area contributed by atoms with Gasteiger partial charge in [-0.1, -0.05) is 0 Å². The maximum atomic E-state index is 13.1. The van der Waals surface area contributed by atoms with E-state index in [2.05, 4.69) is 15.5 Å². The third-order valence-corrected chi connectivity index (χ3v) is 6.76. The van der Waals surface area contributed by atoms with E-state index < -0.39 is 10.8 Å². The summed E-state index contributed by atoms with van der Waals surface area (Å²) in [5.74, 6) is -0.860. The minimum Gasteiger partial charge on any atom is -0.371 e. The van der Waals surface area contributed by atoms with Gasteiger partial charge < -0.3 is 15.1 Å². The van der Waals surface area contributed by atoms with Gasteiger partial charge in [0.05, 0.1) is 10.8 Å². The number of piperidine rings is 1. The topological polar surface area (TPSA) is 81.8 Å². The lowest BCUT2D eigenvalue weighted by atomic mass is 9.70. The van der Waals surface area contributed by atoms with Crippen molar-refractivity contribution in [3.8, 4) is 0 Å². The number of imide groups is 1. The number of nitrogens with one attached hydrogen (secondary N) is 2. The number of carbonyl (C=O) groups is 3. The Kier molecular flexibility index (Phi) is 4.32. The van der Waals surface area contributed by atoms with E-state index >= 15 is 0 Å². The van der Waals surface area contributed by atoms with Gasteiger partial charge in [-0.05, 0) is 51.0 Å². The van der Waals surface area contributed by atoms with Gasteiger partial charge in [-0.25, -0.2) is 9.18 Å². The molecule has 7 nitrogen and oxygen atoms in total. The summed E-state index contributed by atoms with van der Waals surface area (Å²) in [6.45, 7) is 5.52. The van der Waals surface area contributed by atoms with Crippen molar-refractivity contribution >= 4 is 23.5 Å². The predicted molar refractivity (Wildman–Crippen MR) is 101 cm³/mol. The number of amides is 4. The Hall–Kier alpha value is -2.64. The molecule has 4 rings (SSSR count). The van der Waals surface area contributed by atoms with Crippen LogP contribution in [0.1, 0.15) is 26.7 Å². The molecule has 3 saturated heterocycles. The highest BCUT2D eigenvalue weighted by atomic mass is 19.1. The number of rotatable bonds is 2. The molecule has 3 fully saturated rings. The van der Waals surface area contributed by atoms with E-state index in [-0.39, 0.29) is 42.8 Å². The Morgan fingerprint density at radius 1 is 1.07 bits per heavy atom. The van der Waals surface area contributed by atoms with Crippen molar-refractivity contribution in [3.05, 3.63) is 30.1 Å². The zero-order valence-corrected chi connectivity index (χ0v) is 16.1. The molecule has 4 amide bonds. The van der Waals surface area contributed by atoms with Crippen LogP contribution in [0.5, 0.6) is 0 Å². The van der Waals surface area contributed by atoms with Gasteiger partial charge in [0.2, 0.25) is 11.8 Å². The summed E-state index contributed by atoms with van der Waals surface area (Å²) >= 11 is 0. The molecule has 1 aromatic rings. The number of hydrogen-bond acceptors (Lipinski definition) is 4. The molecule has 1 aromatic carbocycles. The summed E-state index contributed by atoms with van der Waals surface area (Å²) in [6.07, 6.45) is 1.57. The van der Waals surface area contributed by atoms with Crippen molar-refractivity contribution in [2.75, 3.05) is 31.1 Å². The lowest BCUT2D eigenvalue weighted by Gasteiger charge is -2.34. The van der Waals surface area contributed by atoms with Crippen LogP contribution in [0.2, 0.25) is 0 Å². The molecule has 0 radical (unpaired) electrons. The van der Waals surface area contributed by atoms with Crippen molar-refractivity contribution < 1.29 is 18.8 Å². The number of hydrogen-bond donors (Lipinski definition) is 2. The number of benzene rings is 1. The van der Waals surface area contributed by atoms with E-state index in [0.29, 0.717) is 0 Å². The minimum absolute atomic E-state index is 0.0368. The SMILES string of the molecule is CC12CN(C(=O)NC3CCN(c4ccc(F)cc4)CC3)CC1(C)C(=O)NC2=O. The predicted octanol–water partition coefficient (Wildman–Crippen LogP) is 1.49. The Labute approximate surface area is 163 Å². The normalized spacial score (nSPS) is 30.4. The first kappa shape index (κ1) is 18.7. The number of likely N-dealkylation sites (tertiary alicyclic amines) is 1. The zero-order valence-electron chi connectivity index (χ0n) is 16.1. The molecule has 0 spiro atoms. The molecule has 150 valence electrons. The molecule has 3 aliphatic heterocycles. The molecule has 28 heavy (non-hydrogen) atoms. The Balaban J connectivity index is 1.34. The van der Waals surface area contributed by atoms with Gasteiger partial charge in [0.25, 0.3) is 0 Å². The second-order valence-electron chi connectivity index (χ2n) is 8.49. The number of halogens is 1. The van der Waals surface area contributed by atoms with Crippen LogP contribution < -0.4 is 15.5 Å². The van der Waals surface area contributed by atoms with E-state index in [0.717, 1.165) is 31.6 Å². The first-order valence-corrected chi connectivity index (χ1v) is 9.65. The third-order valence-electron chi connectivity index (χ3n) is 6.76. The molecule has 0 aromatic heterocycles. The number of urea groups is 1. The van der Waals surface area contributed by atoms with Crippen LogP contribution in [0.25, 0.3) is 0 Å². The summed E-state index contributed by atoms with van der Waals surface area (Å²) in [5.41, 5.74) is -0.787. The summed E-state index contributed by atoms with van der Waals surface area (Å²) in [4.78, 5) is 41.0. The van der Waals surface area contributed by atoms with Crippen molar-refractivity contribution in [3.63, 3.8) is 0 Å². The maximum absolute atomic E-state index is 13.1. The van der Waals surface area contributed by atoms with Gasteiger partial charge in [-0.2, -0.15) is 0 Å². The van der Waals surface area contributed by atoms with Crippen molar-refractivity contribution in [1.29, 1.82) is 0 Å². The first-order chi connectivity index (χ1) is 13.2. The van der Waals surface area contributed by atoms with Crippen LogP contribution in [0.15, 0.2) is 24.3 Å². The highest BCUT2D eigenvalue weighted by Gasteiger charge is 2.66. The lowest BCUT2D eigenvalue weighted by molar-refractivity contribution is -0.128. The second kappa shape index (κ2) is 6.46. The lowest BCUT2D eigenvalue weighted by Crippen LogP contribution is -2.50. The van der Waals surface area contributed by atoms with Gasteiger partial charge in [-0.3, -0.25) is 14.9 Å². The average Bonchev–Trinajstić information content (AvgIpc) is 3.04. The monoisotopic (exact) mass is 388 g/mol.